The fraction of sp³-hybridized carbons (Fsp3) is 0.300. The summed E-state index contributed by atoms with van der Waals surface area (Å²) in [6.07, 6.45) is 0.344. The van der Waals surface area contributed by atoms with Crippen LogP contribution in [0.15, 0.2) is 53.4 Å². The highest BCUT2D eigenvalue weighted by Gasteiger charge is 2.40. The Morgan fingerprint density at radius 1 is 1.10 bits per heavy atom. The molecule has 2 aromatic carbocycles. The van der Waals surface area contributed by atoms with E-state index in [0.29, 0.717) is 18.0 Å². The summed E-state index contributed by atoms with van der Waals surface area (Å²) in [5, 5.41) is 2.71. The van der Waals surface area contributed by atoms with Crippen molar-refractivity contribution in [1.82, 2.24) is 9.62 Å². The lowest BCUT2D eigenvalue weighted by Crippen LogP contribution is -2.33. The van der Waals surface area contributed by atoms with Gasteiger partial charge in [0, 0.05) is 19.0 Å². The van der Waals surface area contributed by atoms with E-state index in [-0.39, 0.29) is 42.4 Å². The van der Waals surface area contributed by atoms with E-state index in [1.165, 1.54) is 12.1 Å². The number of fused-ring (bicyclic) bond motifs is 1. The molecule has 1 N–H and O–H groups in total. The van der Waals surface area contributed by atoms with Gasteiger partial charge in [-0.05, 0) is 30.7 Å². The minimum Gasteiger partial charge on any atom is -0.497 e. The van der Waals surface area contributed by atoms with Crippen LogP contribution in [0.5, 0.6) is 11.5 Å². The van der Waals surface area contributed by atoms with Crippen molar-refractivity contribution >= 4 is 21.8 Å². The van der Waals surface area contributed by atoms with E-state index in [9.17, 15) is 18.0 Å². The molecular weight excluding hydrogens is 396 g/mol. The van der Waals surface area contributed by atoms with Crippen LogP contribution >= 0.6 is 0 Å². The third-order valence-electron chi connectivity index (χ3n) is 4.41. The lowest BCUT2D eigenvalue weighted by molar-refractivity contribution is -0.121. The van der Waals surface area contributed by atoms with E-state index in [0.717, 1.165) is 4.31 Å². The lowest BCUT2D eigenvalue weighted by atomic mass is 10.2. The van der Waals surface area contributed by atoms with E-state index in [1.807, 2.05) is 0 Å². The number of nitrogens with one attached hydrogen (secondary N) is 1. The summed E-state index contributed by atoms with van der Waals surface area (Å²) in [6.45, 7) is 0.555. The number of nitrogens with zero attached hydrogens (tertiary/aromatic N) is 1. The Bertz CT molecular complexity index is 1010. The average molecular weight is 418 g/mol. The van der Waals surface area contributed by atoms with Crippen LogP contribution in [0.2, 0.25) is 0 Å². The highest BCUT2D eigenvalue weighted by molar-refractivity contribution is 7.90. The fourth-order valence-electron chi connectivity index (χ4n) is 2.97. The summed E-state index contributed by atoms with van der Waals surface area (Å²) < 4.78 is 36.4. The first kappa shape index (κ1) is 20.7. The molecule has 154 valence electrons. The normalized spacial score (nSPS) is 14.4. The number of amides is 2. The van der Waals surface area contributed by atoms with Crippen LogP contribution in [-0.4, -0.2) is 51.3 Å². The van der Waals surface area contributed by atoms with Gasteiger partial charge in [0.15, 0.2) is 0 Å². The number of hydrogen-bond acceptors (Lipinski definition) is 6. The predicted octanol–water partition coefficient (Wildman–Crippen LogP) is 1.82. The van der Waals surface area contributed by atoms with Gasteiger partial charge in [-0.3, -0.25) is 9.59 Å². The highest BCUT2D eigenvalue weighted by atomic mass is 32.2. The molecule has 29 heavy (non-hydrogen) atoms. The molecule has 1 heterocycles. The second-order valence-corrected chi connectivity index (χ2v) is 8.19. The van der Waals surface area contributed by atoms with E-state index >= 15 is 0 Å². The average Bonchev–Trinajstić information content (AvgIpc) is 2.92. The van der Waals surface area contributed by atoms with Crippen molar-refractivity contribution in [3.63, 3.8) is 0 Å². The number of sulfonamides is 1. The number of rotatable bonds is 9. The molecule has 0 aromatic heterocycles. The molecule has 8 nitrogen and oxygen atoms in total. The van der Waals surface area contributed by atoms with E-state index in [2.05, 4.69) is 5.32 Å². The van der Waals surface area contributed by atoms with Crippen LogP contribution in [0.1, 0.15) is 23.2 Å². The molecule has 0 saturated heterocycles. The summed E-state index contributed by atoms with van der Waals surface area (Å²) in [6, 6.07) is 13.2. The predicted molar refractivity (Wildman–Crippen MR) is 105 cm³/mol. The molecule has 0 unspecified atom stereocenters. The molecule has 0 bridgehead atoms. The van der Waals surface area contributed by atoms with E-state index in [1.54, 1.807) is 43.5 Å². The Hall–Kier alpha value is -3.07. The van der Waals surface area contributed by atoms with Gasteiger partial charge in [-0.15, -0.1) is 0 Å². The Labute approximate surface area is 169 Å². The van der Waals surface area contributed by atoms with Crippen molar-refractivity contribution in [2.24, 2.45) is 0 Å². The van der Waals surface area contributed by atoms with Gasteiger partial charge >= 0.3 is 0 Å². The zero-order chi connectivity index (χ0) is 20.9. The fourth-order valence-corrected chi connectivity index (χ4v) is 4.58. The smallest absolute Gasteiger partial charge is 0.269 e. The Balaban J connectivity index is 1.40. The van der Waals surface area contributed by atoms with Crippen molar-refractivity contribution in [2.45, 2.75) is 17.7 Å². The number of carbonyl (C=O) groups is 2. The SMILES string of the molecule is COc1cccc(OCCNC(=O)CCCN2C(=O)c3ccccc3S2(=O)=O)c1. The van der Waals surface area contributed by atoms with Crippen molar-refractivity contribution in [1.29, 1.82) is 0 Å². The van der Waals surface area contributed by atoms with Crippen LogP contribution in [0.25, 0.3) is 0 Å². The van der Waals surface area contributed by atoms with Gasteiger partial charge < -0.3 is 14.8 Å². The maximum atomic E-state index is 12.4. The lowest BCUT2D eigenvalue weighted by Gasteiger charge is -2.14. The van der Waals surface area contributed by atoms with E-state index in [4.69, 9.17) is 9.47 Å². The number of ether oxygens (including phenoxy) is 2. The van der Waals surface area contributed by atoms with Crippen molar-refractivity contribution in [3.8, 4) is 11.5 Å². The maximum absolute atomic E-state index is 12.4. The molecule has 0 radical (unpaired) electrons. The molecule has 3 rings (SSSR count). The molecule has 0 fully saturated rings. The minimum absolute atomic E-state index is 0.0177. The van der Waals surface area contributed by atoms with Crippen molar-refractivity contribution in [2.75, 3.05) is 26.8 Å². The van der Waals surface area contributed by atoms with Gasteiger partial charge in [0.1, 0.15) is 23.0 Å². The minimum atomic E-state index is -3.83. The first-order chi connectivity index (χ1) is 13.9. The highest BCUT2D eigenvalue weighted by Crippen LogP contribution is 2.29. The quantitative estimate of drug-likeness (QED) is 0.623. The molecule has 2 aromatic rings. The summed E-state index contributed by atoms with van der Waals surface area (Å²) in [4.78, 5) is 24.3. The monoisotopic (exact) mass is 418 g/mol. The topological polar surface area (TPSA) is 102 Å². The molecule has 0 aliphatic carbocycles. The van der Waals surface area contributed by atoms with Gasteiger partial charge in [-0.1, -0.05) is 18.2 Å². The molecule has 0 atom stereocenters. The summed E-state index contributed by atoms with van der Waals surface area (Å²) in [5.41, 5.74) is 0.173. The van der Waals surface area contributed by atoms with Crippen molar-refractivity contribution in [3.05, 3.63) is 54.1 Å². The molecular formula is C20H22N2O6S. The molecule has 2 amide bonds. The first-order valence-corrected chi connectivity index (χ1v) is 10.6. The molecule has 0 saturated carbocycles. The largest absolute Gasteiger partial charge is 0.497 e. The van der Waals surface area contributed by atoms with E-state index < -0.39 is 15.9 Å². The van der Waals surface area contributed by atoms with Crippen LogP contribution in [0, 0.1) is 0 Å². The zero-order valence-electron chi connectivity index (χ0n) is 16.0. The second-order valence-electron chi connectivity index (χ2n) is 6.36. The molecule has 1 aliphatic heterocycles. The maximum Gasteiger partial charge on any atom is 0.269 e. The Morgan fingerprint density at radius 3 is 2.62 bits per heavy atom. The molecule has 0 spiro atoms. The van der Waals surface area contributed by atoms with Gasteiger partial charge in [-0.2, -0.15) is 0 Å². The van der Waals surface area contributed by atoms with Gasteiger partial charge in [0.2, 0.25) is 5.91 Å². The zero-order valence-corrected chi connectivity index (χ0v) is 16.8. The van der Waals surface area contributed by atoms with Crippen LogP contribution in [0.4, 0.5) is 0 Å². The summed E-state index contributed by atoms with van der Waals surface area (Å²) >= 11 is 0. The second kappa shape index (κ2) is 8.95. The van der Waals surface area contributed by atoms with Crippen LogP contribution in [-0.2, 0) is 14.8 Å². The van der Waals surface area contributed by atoms with Gasteiger partial charge in [0.25, 0.3) is 15.9 Å². The number of hydrogen-bond donors (Lipinski definition) is 1. The van der Waals surface area contributed by atoms with Crippen LogP contribution in [0.3, 0.4) is 0 Å². The first-order valence-electron chi connectivity index (χ1n) is 9.13. The standard InChI is InChI=1S/C20H22N2O6S/c1-27-15-6-4-7-16(14-15)28-13-11-21-19(23)10-5-12-22-20(24)17-8-2-3-9-18(17)29(22,25)26/h2-4,6-9,14H,5,10-13H2,1H3,(H,21,23). The van der Waals surface area contributed by atoms with Gasteiger partial charge in [-0.25, -0.2) is 12.7 Å². The summed E-state index contributed by atoms with van der Waals surface area (Å²) in [7, 11) is -2.26. The van der Waals surface area contributed by atoms with Crippen molar-refractivity contribution < 1.29 is 27.5 Å². The Morgan fingerprint density at radius 2 is 1.86 bits per heavy atom. The number of carbonyl (C=O) groups excluding carboxylic acids is 2. The third kappa shape index (κ3) is 4.68. The van der Waals surface area contributed by atoms with Crippen LogP contribution < -0.4 is 14.8 Å². The third-order valence-corrected chi connectivity index (χ3v) is 6.25. The summed E-state index contributed by atoms with van der Waals surface area (Å²) in [5.74, 6) is 0.532. The Kier molecular flexibility index (Phi) is 6.38. The molecule has 1 aliphatic rings. The number of methoxy groups -OCH3 is 1. The number of benzene rings is 2. The molecule has 9 heteroatoms. The van der Waals surface area contributed by atoms with Gasteiger partial charge in [0.05, 0.1) is 19.2 Å².